The molecule has 4 aromatic rings. The highest BCUT2D eigenvalue weighted by molar-refractivity contribution is 7.95. The molecule has 2 N–H and O–H groups in total. The minimum Gasteiger partial charge on any atom is -0.506 e. The zero-order valence-electron chi connectivity index (χ0n) is 25.2. The molecule has 0 fully saturated rings. The second-order valence-electron chi connectivity index (χ2n) is 12.2. The Hall–Kier alpha value is -4.70. The molecular formula is C35H34FN3O5S. The number of benzene rings is 3. The number of aryl methyl sites for hydroxylation is 1. The van der Waals surface area contributed by atoms with Crippen molar-refractivity contribution in [2.75, 3.05) is 16.0 Å². The van der Waals surface area contributed by atoms with Crippen molar-refractivity contribution < 1.29 is 27.4 Å². The van der Waals surface area contributed by atoms with Gasteiger partial charge < -0.3 is 15.2 Å². The number of phenolic OH excluding ortho intramolecular Hbond substituents is 1. The average molecular weight is 628 g/mol. The van der Waals surface area contributed by atoms with Gasteiger partial charge in [0, 0.05) is 23.5 Å². The van der Waals surface area contributed by atoms with Crippen molar-refractivity contribution in [2.45, 2.75) is 46.3 Å². The highest BCUT2D eigenvalue weighted by Crippen LogP contribution is 2.52. The molecule has 3 heterocycles. The number of anilines is 2. The van der Waals surface area contributed by atoms with Gasteiger partial charge in [0.05, 0.1) is 16.3 Å². The number of amides is 1. The number of fused-ring (bicyclic) bond motifs is 1. The molecule has 1 amide bonds. The molecule has 1 aromatic heterocycles. The number of allylic oxidation sites excluding steroid dienone is 1. The summed E-state index contributed by atoms with van der Waals surface area (Å²) in [7, 11) is -4.05. The van der Waals surface area contributed by atoms with Crippen molar-refractivity contribution in [3.05, 3.63) is 124 Å². The van der Waals surface area contributed by atoms with E-state index in [1.165, 1.54) is 29.3 Å². The third kappa shape index (κ3) is 5.90. The Balaban J connectivity index is 1.56. The SMILES string of the molecule is CCc1ccnc(C(=O)N2c3cccc(O)c3NC3=C(C2c2ccc(OCc4ccccc4)cc2F)S(=O)(=O)CC(C)(C)C3)c1. The van der Waals surface area contributed by atoms with Crippen molar-refractivity contribution in [2.24, 2.45) is 5.41 Å². The Bertz CT molecular complexity index is 1920. The first-order valence-electron chi connectivity index (χ1n) is 14.8. The van der Waals surface area contributed by atoms with Gasteiger partial charge >= 0.3 is 0 Å². The van der Waals surface area contributed by atoms with Crippen LogP contribution in [0.2, 0.25) is 0 Å². The fourth-order valence-corrected chi connectivity index (χ4v) is 8.46. The molecule has 1 atom stereocenters. The third-order valence-corrected chi connectivity index (χ3v) is 10.4. The molecule has 3 aromatic carbocycles. The molecule has 2 aliphatic rings. The van der Waals surface area contributed by atoms with Crippen LogP contribution in [0.15, 0.2) is 95.7 Å². The van der Waals surface area contributed by atoms with E-state index in [0.29, 0.717) is 12.1 Å². The summed E-state index contributed by atoms with van der Waals surface area (Å²) in [6, 6.07) is 20.3. The number of ether oxygens (including phenoxy) is 1. The van der Waals surface area contributed by atoms with Crippen LogP contribution in [0.1, 0.15) is 60.4 Å². The van der Waals surface area contributed by atoms with Gasteiger partial charge in [0.2, 0.25) is 0 Å². The predicted molar refractivity (Wildman–Crippen MR) is 171 cm³/mol. The Morgan fingerprint density at radius 1 is 1.07 bits per heavy atom. The number of nitrogens with one attached hydrogen (secondary N) is 1. The van der Waals surface area contributed by atoms with Gasteiger partial charge in [0.25, 0.3) is 5.91 Å². The van der Waals surface area contributed by atoms with Gasteiger partial charge in [-0.05, 0) is 65.8 Å². The molecular weight excluding hydrogens is 593 g/mol. The Morgan fingerprint density at radius 2 is 1.84 bits per heavy atom. The fraction of sp³-hybridized carbons (Fsp3) is 0.257. The van der Waals surface area contributed by atoms with Gasteiger partial charge in [-0.25, -0.2) is 12.8 Å². The van der Waals surface area contributed by atoms with E-state index in [0.717, 1.165) is 11.1 Å². The summed E-state index contributed by atoms with van der Waals surface area (Å²) < 4.78 is 50.6. The topological polar surface area (TPSA) is 109 Å². The molecule has 8 nitrogen and oxygen atoms in total. The number of para-hydroxylation sites is 1. The first kappa shape index (κ1) is 30.3. The van der Waals surface area contributed by atoms with E-state index >= 15 is 4.39 Å². The van der Waals surface area contributed by atoms with Crippen LogP contribution >= 0.6 is 0 Å². The number of sulfone groups is 1. The second kappa shape index (κ2) is 11.7. The largest absolute Gasteiger partial charge is 0.506 e. The maximum Gasteiger partial charge on any atom is 0.277 e. The van der Waals surface area contributed by atoms with Gasteiger partial charge in [0.1, 0.15) is 41.3 Å². The van der Waals surface area contributed by atoms with E-state index in [2.05, 4.69) is 10.3 Å². The van der Waals surface area contributed by atoms with Crippen molar-refractivity contribution >= 4 is 27.1 Å². The van der Waals surface area contributed by atoms with Crippen LogP contribution in [-0.2, 0) is 22.9 Å². The zero-order valence-corrected chi connectivity index (χ0v) is 26.1. The molecule has 232 valence electrons. The Kier molecular flexibility index (Phi) is 7.86. The summed E-state index contributed by atoms with van der Waals surface area (Å²) in [5.74, 6) is -1.51. The smallest absolute Gasteiger partial charge is 0.277 e. The van der Waals surface area contributed by atoms with E-state index in [4.69, 9.17) is 4.74 Å². The van der Waals surface area contributed by atoms with Crippen molar-refractivity contribution in [1.82, 2.24) is 4.98 Å². The second-order valence-corrected chi connectivity index (χ2v) is 14.1. The highest BCUT2D eigenvalue weighted by atomic mass is 32.2. The van der Waals surface area contributed by atoms with Crippen LogP contribution in [0.3, 0.4) is 0 Å². The zero-order chi connectivity index (χ0) is 31.9. The maximum absolute atomic E-state index is 16.3. The summed E-state index contributed by atoms with van der Waals surface area (Å²) in [6.45, 7) is 5.83. The average Bonchev–Trinajstić information content (AvgIpc) is 3.15. The number of hydrogen-bond donors (Lipinski definition) is 2. The number of pyridine rings is 1. The van der Waals surface area contributed by atoms with E-state index < -0.39 is 33.0 Å². The number of halogens is 1. The molecule has 45 heavy (non-hydrogen) atoms. The summed E-state index contributed by atoms with van der Waals surface area (Å²) in [4.78, 5) is 20.0. The number of hydrogen-bond acceptors (Lipinski definition) is 7. The summed E-state index contributed by atoms with van der Waals surface area (Å²) in [6.07, 6.45) is 2.45. The quantitative estimate of drug-likeness (QED) is 0.223. The fourth-order valence-electron chi connectivity index (χ4n) is 6.10. The number of aromatic nitrogens is 1. The summed E-state index contributed by atoms with van der Waals surface area (Å²) >= 11 is 0. The van der Waals surface area contributed by atoms with Crippen LogP contribution < -0.4 is 15.0 Å². The Labute approximate surface area is 262 Å². The minimum absolute atomic E-state index is 0.0316. The van der Waals surface area contributed by atoms with Gasteiger partial charge in [-0.2, -0.15) is 0 Å². The molecule has 0 radical (unpaired) electrons. The number of phenols is 1. The van der Waals surface area contributed by atoms with Gasteiger partial charge in [-0.1, -0.05) is 57.2 Å². The van der Waals surface area contributed by atoms with Gasteiger partial charge in [-0.15, -0.1) is 0 Å². The van der Waals surface area contributed by atoms with E-state index in [-0.39, 0.29) is 57.8 Å². The standard InChI is InChI=1S/C35H34FN3O5S/c1-4-22-15-16-37-27(17-22)34(41)39-29-11-8-12-30(40)31(29)38-28-19-35(2,3)21-45(42,43)33(28)32(39)25-14-13-24(18-26(25)36)44-20-23-9-6-5-7-10-23/h5-18,32,38,40H,4,19-21H2,1-3H3. The molecule has 0 aliphatic carbocycles. The van der Waals surface area contributed by atoms with Crippen LogP contribution in [0.25, 0.3) is 0 Å². The Morgan fingerprint density at radius 3 is 2.58 bits per heavy atom. The van der Waals surface area contributed by atoms with Crippen LogP contribution in [-0.4, -0.2) is 30.2 Å². The summed E-state index contributed by atoms with van der Waals surface area (Å²) in [5, 5.41) is 14.2. The van der Waals surface area contributed by atoms with E-state index in [1.807, 2.05) is 51.1 Å². The van der Waals surface area contributed by atoms with Crippen molar-refractivity contribution in [3.63, 3.8) is 0 Å². The van der Waals surface area contributed by atoms with Crippen molar-refractivity contribution in [1.29, 1.82) is 0 Å². The van der Waals surface area contributed by atoms with Crippen molar-refractivity contribution in [3.8, 4) is 11.5 Å². The van der Waals surface area contributed by atoms with Crippen LogP contribution in [0.4, 0.5) is 15.8 Å². The molecule has 0 bridgehead atoms. The number of aromatic hydroxyl groups is 1. The van der Waals surface area contributed by atoms with Crippen LogP contribution in [0.5, 0.6) is 11.5 Å². The van der Waals surface area contributed by atoms with Gasteiger partial charge in [0.15, 0.2) is 9.84 Å². The van der Waals surface area contributed by atoms with Gasteiger partial charge in [-0.3, -0.25) is 14.7 Å². The number of carbonyl (C=O) groups is 1. The normalized spacial score (nSPS) is 18.3. The monoisotopic (exact) mass is 627 g/mol. The molecule has 0 spiro atoms. The molecule has 2 aliphatic heterocycles. The third-order valence-electron chi connectivity index (χ3n) is 8.12. The molecule has 0 saturated carbocycles. The first-order valence-corrected chi connectivity index (χ1v) is 16.4. The molecule has 0 saturated heterocycles. The molecule has 1 unspecified atom stereocenters. The predicted octanol–water partition coefficient (Wildman–Crippen LogP) is 6.94. The maximum atomic E-state index is 16.3. The first-order chi connectivity index (χ1) is 21.5. The summed E-state index contributed by atoms with van der Waals surface area (Å²) in [5.41, 5.74) is 1.77. The lowest BCUT2D eigenvalue weighted by Crippen LogP contribution is -2.41. The number of rotatable bonds is 6. The number of carbonyl (C=O) groups excluding carboxylic acids is 1. The lowest BCUT2D eigenvalue weighted by Gasteiger charge is -2.37. The lowest BCUT2D eigenvalue weighted by atomic mass is 9.88. The van der Waals surface area contributed by atoms with Crippen LogP contribution in [0, 0.1) is 11.2 Å². The number of nitrogens with zero attached hydrogens (tertiary/aromatic N) is 2. The molecule has 10 heteroatoms. The lowest BCUT2D eigenvalue weighted by molar-refractivity contribution is 0.0975. The highest BCUT2D eigenvalue weighted by Gasteiger charge is 2.48. The molecule has 6 rings (SSSR count). The van der Waals surface area contributed by atoms with E-state index in [1.54, 1.807) is 30.3 Å². The minimum atomic E-state index is -4.05. The van der Waals surface area contributed by atoms with E-state index in [9.17, 15) is 18.3 Å².